The van der Waals surface area contributed by atoms with Gasteiger partial charge in [-0.3, -0.25) is 0 Å². The first kappa shape index (κ1) is 21.9. The van der Waals surface area contributed by atoms with Crippen LogP contribution in [0.1, 0.15) is 105 Å². The van der Waals surface area contributed by atoms with Crippen LogP contribution in [0.25, 0.3) is 0 Å². The maximum absolute atomic E-state index is 13.4. The van der Waals surface area contributed by atoms with Crippen LogP contribution in [0.2, 0.25) is 0 Å². The van der Waals surface area contributed by atoms with Crippen molar-refractivity contribution in [3.63, 3.8) is 0 Å². The molecule has 0 aliphatic heterocycles. The molecule has 0 heterocycles. The summed E-state index contributed by atoms with van der Waals surface area (Å²) in [6, 6.07) is 13.3. The van der Waals surface area contributed by atoms with Gasteiger partial charge in [-0.25, -0.2) is 0 Å². The van der Waals surface area contributed by atoms with Gasteiger partial charge in [0.2, 0.25) is 0 Å². The molecular formula is C27H30F3N. The number of benzene rings is 2. The van der Waals surface area contributed by atoms with Crippen molar-refractivity contribution in [1.29, 1.82) is 5.26 Å². The summed E-state index contributed by atoms with van der Waals surface area (Å²) in [5.74, 6) is 1.11. The molecule has 2 aromatic carbocycles. The van der Waals surface area contributed by atoms with Crippen LogP contribution in [0.3, 0.4) is 0 Å². The number of halogens is 3. The Morgan fingerprint density at radius 1 is 1.03 bits per heavy atom. The predicted molar refractivity (Wildman–Crippen MR) is 117 cm³/mol. The van der Waals surface area contributed by atoms with E-state index in [1.807, 2.05) is 18.2 Å². The highest BCUT2D eigenvalue weighted by Gasteiger charge is 2.42. The molecule has 0 amide bonds. The fourth-order valence-electron chi connectivity index (χ4n) is 4.80. The van der Waals surface area contributed by atoms with E-state index < -0.39 is 11.7 Å². The Morgan fingerprint density at radius 3 is 2.32 bits per heavy atom. The zero-order valence-corrected chi connectivity index (χ0v) is 18.7. The summed E-state index contributed by atoms with van der Waals surface area (Å²) in [7, 11) is 0. The van der Waals surface area contributed by atoms with Gasteiger partial charge in [0.05, 0.1) is 17.2 Å². The van der Waals surface area contributed by atoms with Crippen LogP contribution in [0.15, 0.2) is 36.4 Å². The quantitative estimate of drug-likeness (QED) is 0.475. The standard InChI is InChI=1S/C27H30F3N/c1-16(18-8-10-25(27(28,29)30)24(12-18)17-5-6-17)11-20-13-22(20)23-14-21(26(2,3)4)9-7-19(23)15-31/h7-10,12,14,16-17,20,22H,5-6,11,13H2,1-4H3. The monoisotopic (exact) mass is 425 g/mol. The first-order valence-electron chi connectivity index (χ1n) is 11.2. The lowest BCUT2D eigenvalue weighted by Gasteiger charge is -2.21. The molecule has 3 atom stereocenters. The largest absolute Gasteiger partial charge is 0.416 e. The SMILES string of the molecule is CC(CC1CC1c1cc(C(C)(C)C)ccc1C#N)c1ccc(C(F)(F)F)c(C2CC2)c1. The van der Waals surface area contributed by atoms with Crippen LogP contribution < -0.4 is 0 Å². The number of rotatable bonds is 5. The molecule has 0 N–H and O–H groups in total. The summed E-state index contributed by atoms with van der Waals surface area (Å²) in [5, 5.41) is 9.57. The van der Waals surface area contributed by atoms with Crippen molar-refractivity contribution in [2.24, 2.45) is 5.92 Å². The van der Waals surface area contributed by atoms with E-state index in [2.05, 4.69) is 39.8 Å². The lowest BCUT2D eigenvalue weighted by molar-refractivity contribution is -0.138. The maximum atomic E-state index is 13.4. The maximum Gasteiger partial charge on any atom is 0.416 e. The van der Waals surface area contributed by atoms with Gasteiger partial charge in [-0.1, -0.05) is 52.0 Å². The highest BCUT2D eigenvalue weighted by Crippen LogP contribution is 2.54. The van der Waals surface area contributed by atoms with E-state index in [0.29, 0.717) is 17.4 Å². The Kier molecular flexibility index (Phi) is 5.44. The molecule has 0 radical (unpaired) electrons. The summed E-state index contributed by atoms with van der Waals surface area (Å²) in [6.45, 7) is 8.64. The number of hydrogen-bond acceptors (Lipinski definition) is 1. The van der Waals surface area contributed by atoms with Gasteiger partial charge in [-0.15, -0.1) is 0 Å². The second-order valence-corrected chi connectivity index (χ2v) is 10.5. The van der Waals surface area contributed by atoms with Crippen molar-refractivity contribution < 1.29 is 13.2 Å². The van der Waals surface area contributed by atoms with Crippen LogP contribution in [-0.4, -0.2) is 0 Å². The third-order valence-electron chi connectivity index (χ3n) is 6.98. The normalized spacial score (nSPS) is 22.1. The average Bonchev–Trinajstić information content (AvgIpc) is 3.60. The van der Waals surface area contributed by atoms with Crippen LogP contribution in [0, 0.1) is 17.2 Å². The average molecular weight is 426 g/mol. The summed E-state index contributed by atoms with van der Waals surface area (Å²) < 4.78 is 40.2. The van der Waals surface area contributed by atoms with E-state index in [1.165, 1.54) is 11.6 Å². The number of alkyl halides is 3. The second-order valence-electron chi connectivity index (χ2n) is 10.5. The molecular weight excluding hydrogens is 395 g/mol. The van der Waals surface area contributed by atoms with Crippen molar-refractivity contribution in [3.8, 4) is 6.07 Å². The number of hydrogen-bond donors (Lipinski definition) is 0. The van der Waals surface area contributed by atoms with Crippen molar-refractivity contribution in [2.75, 3.05) is 0 Å². The number of nitrogens with zero attached hydrogens (tertiary/aromatic N) is 1. The van der Waals surface area contributed by atoms with Crippen LogP contribution >= 0.6 is 0 Å². The molecule has 2 aliphatic carbocycles. The summed E-state index contributed by atoms with van der Waals surface area (Å²) in [5.41, 5.74) is 4.17. The third kappa shape index (κ3) is 4.66. The fraction of sp³-hybridized carbons (Fsp3) is 0.519. The smallest absolute Gasteiger partial charge is 0.192 e. The van der Waals surface area contributed by atoms with Gasteiger partial charge in [-0.2, -0.15) is 18.4 Å². The Labute approximate surface area is 183 Å². The Balaban J connectivity index is 1.51. The highest BCUT2D eigenvalue weighted by molar-refractivity contribution is 5.46. The molecule has 2 aliphatic rings. The van der Waals surface area contributed by atoms with Crippen molar-refractivity contribution >= 4 is 0 Å². The first-order valence-corrected chi connectivity index (χ1v) is 11.2. The fourth-order valence-corrected chi connectivity index (χ4v) is 4.80. The molecule has 0 aromatic heterocycles. The van der Waals surface area contributed by atoms with E-state index >= 15 is 0 Å². The summed E-state index contributed by atoms with van der Waals surface area (Å²) in [4.78, 5) is 0. The van der Waals surface area contributed by atoms with Gasteiger partial charge in [0.1, 0.15) is 0 Å². The van der Waals surface area contributed by atoms with Crippen LogP contribution in [0.4, 0.5) is 13.2 Å². The van der Waals surface area contributed by atoms with E-state index in [9.17, 15) is 18.4 Å². The Bertz CT molecular complexity index is 1020. The summed E-state index contributed by atoms with van der Waals surface area (Å²) in [6.07, 6.45) is -0.597. The molecule has 164 valence electrons. The molecule has 2 fully saturated rings. The van der Waals surface area contributed by atoms with E-state index in [-0.39, 0.29) is 17.3 Å². The van der Waals surface area contributed by atoms with Gasteiger partial charge in [0.15, 0.2) is 0 Å². The molecule has 3 unspecified atom stereocenters. The molecule has 4 rings (SSSR count). The van der Waals surface area contributed by atoms with Crippen molar-refractivity contribution in [1.82, 2.24) is 0 Å². The Hall–Kier alpha value is -2.28. The molecule has 0 saturated heterocycles. The van der Waals surface area contributed by atoms with Crippen molar-refractivity contribution in [3.05, 3.63) is 69.8 Å². The molecule has 1 nitrogen and oxygen atoms in total. The van der Waals surface area contributed by atoms with Crippen molar-refractivity contribution in [2.45, 2.75) is 82.7 Å². The van der Waals surface area contributed by atoms with E-state index in [1.54, 1.807) is 6.07 Å². The highest BCUT2D eigenvalue weighted by atomic mass is 19.4. The second kappa shape index (κ2) is 7.69. The first-order chi connectivity index (χ1) is 14.5. The van der Waals surface area contributed by atoms with Gasteiger partial charge in [0.25, 0.3) is 0 Å². The minimum Gasteiger partial charge on any atom is -0.192 e. The van der Waals surface area contributed by atoms with Gasteiger partial charge >= 0.3 is 6.18 Å². The molecule has 2 saturated carbocycles. The van der Waals surface area contributed by atoms with Crippen LogP contribution in [-0.2, 0) is 11.6 Å². The zero-order chi connectivity index (χ0) is 22.6. The lowest BCUT2D eigenvalue weighted by atomic mass is 9.84. The predicted octanol–water partition coefficient (Wildman–Crippen LogP) is 8.05. The number of nitriles is 1. The minimum atomic E-state index is -4.28. The Morgan fingerprint density at radius 2 is 1.74 bits per heavy atom. The van der Waals surface area contributed by atoms with Gasteiger partial charge in [0, 0.05) is 0 Å². The molecule has 4 heteroatoms. The summed E-state index contributed by atoms with van der Waals surface area (Å²) >= 11 is 0. The zero-order valence-electron chi connectivity index (χ0n) is 18.7. The van der Waals surface area contributed by atoms with Crippen LogP contribution in [0.5, 0.6) is 0 Å². The molecule has 0 bridgehead atoms. The van der Waals surface area contributed by atoms with Gasteiger partial charge < -0.3 is 0 Å². The third-order valence-corrected chi connectivity index (χ3v) is 6.98. The topological polar surface area (TPSA) is 23.8 Å². The molecule has 31 heavy (non-hydrogen) atoms. The van der Waals surface area contributed by atoms with Gasteiger partial charge in [-0.05, 0) is 89.2 Å². The van der Waals surface area contributed by atoms with E-state index in [4.69, 9.17) is 0 Å². The van der Waals surface area contributed by atoms with E-state index in [0.717, 1.165) is 42.4 Å². The minimum absolute atomic E-state index is 0.0276. The lowest BCUT2D eigenvalue weighted by Crippen LogP contribution is -2.12. The molecule has 0 spiro atoms. The molecule has 2 aromatic rings.